The predicted octanol–water partition coefficient (Wildman–Crippen LogP) is 1.89. The van der Waals surface area contributed by atoms with Crippen LogP contribution in [0.25, 0.3) is 0 Å². The summed E-state index contributed by atoms with van der Waals surface area (Å²) in [5.41, 5.74) is 0.795. The van der Waals surface area contributed by atoms with Gasteiger partial charge in [0.1, 0.15) is 5.82 Å². The first kappa shape index (κ1) is 14.4. The number of piperazine rings is 1. The molecule has 0 aromatic heterocycles. The first-order valence-corrected chi connectivity index (χ1v) is 6.92. The molecule has 2 unspecified atom stereocenters. The average Bonchev–Trinajstić information content (AvgIpc) is 2.38. The summed E-state index contributed by atoms with van der Waals surface area (Å²) in [5.74, 6) is -0.261. The van der Waals surface area contributed by atoms with E-state index in [1.807, 2.05) is 0 Å². The molecule has 1 aliphatic rings. The zero-order chi connectivity index (χ0) is 13.8. The molecule has 1 aromatic rings. The van der Waals surface area contributed by atoms with Crippen LogP contribution in [0.4, 0.5) is 4.39 Å². The molecule has 1 N–H and O–H groups in total. The fourth-order valence-corrected chi connectivity index (χ4v) is 2.65. The van der Waals surface area contributed by atoms with Crippen LogP contribution in [0.15, 0.2) is 24.3 Å². The monoisotopic (exact) mass is 266 g/mol. The number of aliphatic hydroxyl groups is 1. The summed E-state index contributed by atoms with van der Waals surface area (Å²) >= 11 is 0. The van der Waals surface area contributed by atoms with Gasteiger partial charge in [-0.2, -0.15) is 0 Å². The van der Waals surface area contributed by atoms with E-state index < -0.39 is 6.10 Å². The molecule has 2 rings (SSSR count). The molecule has 1 heterocycles. The molecule has 19 heavy (non-hydrogen) atoms. The van der Waals surface area contributed by atoms with Crippen LogP contribution in [0.2, 0.25) is 0 Å². The number of hydrogen-bond acceptors (Lipinski definition) is 3. The number of rotatable bonds is 4. The standard InChI is InChI=1S/C15H23FN2O/c1-12-11-17(2)9-10-18(12)8-7-15(19)13-3-5-14(16)6-4-13/h3-6,12,15,19H,7-11H2,1-2H3. The molecular formula is C15H23FN2O. The van der Waals surface area contributed by atoms with Gasteiger partial charge in [-0.25, -0.2) is 4.39 Å². The highest BCUT2D eigenvalue weighted by molar-refractivity contribution is 5.18. The van der Waals surface area contributed by atoms with Crippen molar-refractivity contribution in [3.05, 3.63) is 35.6 Å². The van der Waals surface area contributed by atoms with Crippen LogP contribution in [0.5, 0.6) is 0 Å². The Hall–Kier alpha value is -0.970. The van der Waals surface area contributed by atoms with E-state index >= 15 is 0 Å². The first-order chi connectivity index (χ1) is 9.06. The van der Waals surface area contributed by atoms with Crippen molar-refractivity contribution >= 4 is 0 Å². The molecule has 0 spiro atoms. The summed E-state index contributed by atoms with van der Waals surface area (Å²) in [6.07, 6.45) is 0.187. The van der Waals surface area contributed by atoms with Gasteiger partial charge >= 0.3 is 0 Å². The van der Waals surface area contributed by atoms with E-state index in [9.17, 15) is 9.50 Å². The third-order valence-corrected chi connectivity index (χ3v) is 3.91. The van der Waals surface area contributed by atoms with Gasteiger partial charge in [-0.05, 0) is 38.1 Å². The molecule has 2 atom stereocenters. The van der Waals surface area contributed by atoms with Gasteiger partial charge in [0.15, 0.2) is 0 Å². The van der Waals surface area contributed by atoms with E-state index in [0.29, 0.717) is 12.5 Å². The summed E-state index contributed by atoms with van der Waals surface area (Å²) in [5, 5.41) is 10.1. The lowest BCUT2D eigenvalue weighted by Gasteiger charge is -2.38. The van der Waals surface area contributed by atoms with Gasteiger partial charge in [0.05, 0.1) is 6.10 Å². The molecule has 1 aromatic carbocycles. The molecule has 1 saturated heterocycles. The zero-order valence-electron chi connectivity index (χ0n) is 11.7. The van der Waals surface area contributed by atoms with Crippen LogP contribution < -0.4 is 0 Å². The number of likely N-dealkylation sites (N-methyl/N-ethyl adjacent to an activating group) is 1. The van der Waals surface area contributed by atoms with Crippen molar-refractivity contribution in [3.8, 4) is 0 Å². The van der Waals surface area contributed by atoms with Gasteiger partial charge in [-0.15, -0.1) is 0 Å². The average molecular weight is 266 g/mol. The Morgan fingerprint density at radius 3 is 2.63 bits per heavy atom. The topological polar surface area (TPSA) is 26.7 Å². The Balaban J connectivity index is 1.83. The van der Waals surface area contributed by atoms with Crippen LogP contribution in [0.3, 0.4) is 0 Å². The lowest BCUT2D eigenvalue weighted by atomic mass is 10.1. The number of benzene rings is 1. The highest BCUT2D eigenvalue weighted by Gasteiger charge is 2.21. The van der Waals surface area contributed by atoms with Gasteiger partial charge in [-0.1, -0.05) is 12.1 Å². The smallest absolute Gasteiger partial charge is 0.123 e. The van der Waals surface area contributed by atoms with E-state index in [2.05, 4.69) is 23.8 Å². The maximum Gasteiger partial charge on any atom is 0.123 e. The van der Waals surface area contributed by atoms with Crippen molar-refractivity contribution in [1.82, 2.24) is 9.80 Å². The van der Waals surface area contributed by atoms with Crippen LogP contribution >= 0.6 is 0 Å². The normalized spacial score (nSPS) is 23.5. The molecule has 0 aliphatic carbocycles. The number of aliphatic hydroxyl groups excluding tert-OH is 1. The molecule has 106 valence electrons. The van der Waals surface area contributed by atoms with Crippen molar-refractivity contribution < 1.29 is 9.50 Å². The SMILES string of the molecule is CC1CN(C)CCN1CCC(O)c1ccc(F)cc1. The minimum absolute atomic E-state index is 0.261. The summed E-state index contributed by atoms with van der Waals surface area (Å²) in [6.45, 7) is 6.31. The molecular weight excluding hydrogens is 243 g/mol. The first-order valence-electron chi connectivity index (χ1n) is 6.92. The molecule has 1 aliphatic heterocycles. The van der Waals surface area contributed by atoms with Crippen molar-refractivity contribution in [2.24, 2.45) is 0 Å². The minimum Gasteiger partial charge on any atom is -0.388 e. The second-order valence-electron chi connectivity index (χ2n) is 5.50. The third-order valence-electron chi connectivity index (χ3n) is 3.91. The minimum atomic E-state index is -0.507. The largest absolute Gasteiger partial charge is 0.388 e. The number of halogens is 1. The fourth-order valence-electron chi connectivity index (χ4n) is 2.65. The second-order valence-corrected chi connectivity index (χ2v) is 5.50. The molecule has 4 heteroatoms. The maximum atomic E-state index is 12.8. The Morgan fingerprint density at radius 2 is 2.00 bits per heavy atom. The summed E-state index contributed by atoms with van der Waals surface area (Å²) in [6, 6.07) is 6.65. The van der Waals surface area contributed by atoms with Gasteiger partial charge in [0.2, 0.25) is 0 Å². The predicted molar refractivity (Wildman–Crippen MR) is 74.5 cm³/mol. The van der Waals surface area contributed by atoms with E-state index in [0.717, 1.165) is 31.7 Å². The molecule has 0 saturated carbocycles. The summed E-state index contributed by atoms with van der Waals surface area (Å²) < 4.78 is 12.8. The second kappa shape index (κ2) is 6.46. The molecule has 0 amide bonds. The van der Waals surface area contributed by atoms with Gasteiger partial charge in [-0.3, -0.25) is 4.90 Å². The van der Waals surface area contributed by atoms with Crippen molar-refractivity contribution in [2.75, 3.05) is 33.2 Å². The van der Waals surface area contributed by atoms with Crippen LogP contribution in [-0.2, 0) is 0 Å². The lowest BCUT2D eigenvalue weighted by Crippen LogP contribution is -2.50. The van der Waals surface area contributed by atoms with Gasteiger partial charge < -0.3 is 10.0 Å². The Labute approximate surface area is 114 Å². The quantitative estimate of drug-likeness (QED) is 0.901. The Bertz CT molecular complexity index is 396. The number of hydrogen-bond donors (Lipinski definition) is 1. The lowest BCUT2D eigenvalue weighted by molar-refractivity contribution is 0.0770. The Kier molecular flexibility index (Phi) is 4.91. The van der Waals surface area contributed by atoms with Crippen molar-refractivity contribution in [2.45, 2.75) is 25.5 Å². The molecule has 3 nitrogen and oxygen atoms in total. The van der Waals surface area contributed by atoms with E-state index in [4.69, 9.17) is 0 Å². The zero-order valence-corrected chi connectivity index (χ0v) is 11.7. The summed E-state index contributed by atoms with van der Waals surface area (Å²) in [7, 11) is 2.14. The van der Waals surface area contributed by atoms with Crippen LogP contribution in [-0.4, -0.2) is 54.2 Å². The molecule has 0 bridgehead atoms. The van der Waals surface area contributed by atoms with E-state index in [1.54, 1.807) is 12.1 Å². The van der Waals surface area contributed by atoms with Crippen LogP contribution in [0, 0.1) is 5.82 Å². The fraction of sp³-hybridized carbons (Fsp3) is 0.600. The van der Waals surface area contributed by atoms with Gasteiger partial charge in [0.25, 0.3) is 0 Å². The Morgan fingerprint density at radius 1 is 1.32 bits per heavy atom. The summed E-state index contributed by atoms with van der Waals surface area (Å²) in [4.78, 5) is 4.74. The molecule has 0 radical (unpaired) electrons. The van der Waals surface area contributed by atoms with E-state index in [1.165, 1.54) is 12.1 Å². The van der Waals surface area contributed by atoms with E-state index in [-0.39, 0.29) is 5.82 Å². The highest BCUT2D eigenvalue weighted by atomic mass is 19.1. The van der Waals surface area contributed by atoms with Gasteiger partial charge in [0, 0.05) is 32.2 Å². The molecule has 1 fully saturated rings. The van der Waals surface area contributed by atoms with Crippen LogP contribution in [0.1, 0.15) is 25.0 Å². The third kappa shape index (κ3) is 4.00. The maximum absolute atomic E-state index is 12.8. The van der Waals surface area contributed by atoms with Crippen molar-refractivity contribution in [1.29, 1.82) is 0 Å². The number of nitrogens with zero attached hydrogens (tertiary/aromatic N) is 2. The van der Waals surface area contributed by atoms with Crippen molar-refractivity contribution in [3.63, 3.8) is 0 Å². The highest BCUT2D eigenvalue weighted by Crippen LogP contribution is 2.18.